The smallest absolute Gasteiger partial charge is 0.339 e. The van der Waals surface area contributed by atoms with Gasteiger partial charge in [0.15, 0.2) is 0 Å². The van der Waals surface area contributed by atoms with Gasteiger partial charge in [-0.05, 0) is 12.1 Å². The molecule has 3 rings (SSSR count). The Hall–Kier alpha value is -3.07. The van der Waals surface area contributed by atoms with Gasteiger partial charge in [0.25, 0.3) is 0 Å². The van der Waals surface area contributed by atoms with Crippen molar-refractivity contribution in [3.8, 4) is 0 Å². The second-order valence-corrected chi connectivity index (χ2v) is 6.21. The van der Waals surface area contributed by atoms with Crippen LogP contribution in [-0.4, -0.2) is 34.5 Å². The molecule has 9 heteroatoms. The molecule has 0 saturated heterocycles. The van der Waals surface area contributed by atoms with E-state index in [-0.39, 0.29) is 17.1 Å². The average molecular weight is 358 g/mol. The quantitative estimate of drug-likeness (QED) is 0.410. The number of fused-ring (bicyclic) bond motifs is 1. The van der Waals surface area contributed by atoms with Crippen molar-refractivity contribution in [2.45, 2.75) is 6.42 Å². The minimum Gasteiger partial charge on any atom is -0.465 e. The van der Waals surface area contributed by atoms with Crippen molar-refractivity contribution in [3.05, 3.63) is 57.2 Å². The third-order valence-corrected chi connectivity index (χ3v) is 4.55. The van der Waals surface area contributed by atoms with Crippen molar-refractivity contribution in [1.82, 2.24) is 9.97 Å². The molecule has 0 bridgehead atoms. The van der Waals surface area contributed by atoms with E-state index in [2.05, 4.69) is 20.0 Å². The zero-order valence-electron chi connectivity index (χ0n) is 13.3. The van der Waals surface area contributed by atoms with Crippen LogP contribution in [0.15, 0.2) is 36.5 Å². The van der Waals surface area contributed by atoms with Crippen molar-refractivity contribution in [1.29, 1.82) is 0 Å². The van der Waals surface area contributed by atoms with E-state index in [1.807, 2.05) is 24.3 Å². The number of pyridine rings is 1. The highest BCUT2D eigenvalue weighted by molar-refractivity contribution is 7.18. The molecule has 2 aromatic heterocycles. The number of carbonyl (C=O) groups excluding carboxylic acids is 1. The lowest BCUT2D eigenvalue weighted by Crippen LogP contribution is -2.10. The van der Waals surface area contributed by atoms with Crippen LogP contribution < -0.4 is 5.32 Å². The maximum absolute atomic E-state index is 11.5. The van der Waals surface area contributed by atoms with E-state index in [1.165, 1.54) is 13.3 Å². The highest BCUT2D eigenvalue weighted by Crippen LogP contribution is 2.24. The number of methoxy groups -OCH3 is 1. The van der Waals surface area contributed by atoms with Gasteiger partial charge in [-0.1, -0.05) is 12.1 Å². The maximum atomic E-state index is 11.5. The molecule has 1 N–H and O–H groups in total. The predicted octanol–water partition coefficient (Wildman–Crippen LogP) is 3.04. The molecule has 8 nitrogen and oxygen atoms in total. The Kier molecular flexibility index (Phi) is 4.85. The van der Waals surface area contributed by atoms with E-state index in [0.717, 1.165) is 21.3 Å². The molecule has 0 amide bonds. The van der Waals surface area contributed by atoms with Gasteiger partial charge in [-0.3, -0.25) is 10.1 Å². The minimum atomic E-state index is -0.670. The number of benzene rings is 1. The number of esters is 1. The fraction of sp³-hybridized carbons (Fsp3) is 0.188. The number of anilines is 1. The van der Waals surface area contributed by atoms with E-state index < -0.39 is 10.9 Å². The Labute approximate surface area is 146 Å². The normalized spacial score (nSPS) is 10.6. The monoisotopic (exact) mass is 358 g/mol. The summed E-state index contributed by atoms with van der Waals surface area (Å²) in [6, 6.07) is 8.99. The number of aromatic nitrogens is 2. The third kappa shape index (κ3) is 3.72. The number of hydrogen-bond donors (Lipinski definition) is 1. The largest absolute Gasteiger partial charge is 0.465 e. The summed E-state index contributed by atoms with van der Waals surface area (Å²) in [5.41, 5.74) is 0.701. The van der Waals surface area contributed by atoms with Crippen LogP contribution in [0.4, 0.5) is 11.5 Å². The molecule has 0 saturated carbocycles. The second-order valence-electron chi connectivity index (χ2n) is 5.09. The zero-order valence-corrected chi connectivity index (χ0v) is 14.1. The Morgan fingerprint density at radius 1 is 1.40 bits per heavy atom. The first-order valence-electron chi connectivity index (χ1n) is 7.39. The van der Waals surface area contributed by atoms with Crippen LogP contribution in [0.1, 0.15) is 15.4 Å². The van der Waals surface area contributed by atoms with Gasteiger partial charge in [-0.2, -0.15) is 0 Å². The fourth-order valence-corrected chi connectivity index (χ4v) is 3.24. The maximum Gasteiger partial charge on any atom is 0.339 e. The number of rotatable bonds is 6. The van der Waals surface area contributed by atoms with E-state index in [9.17, 15) is 14.9 Å². The first kappa shape index (κ1) is 16.8. The summed E-state index contributed by atoms with van der Waals surface area (Å²) >= 11 is 1.59. The van der Waals surface area contributed by atoms with E-state index in [1.54, 1.807) is 11.3 Å². The lowest BCUT2D eigenvalue weighted by atomic mass is 10.2. The third-order valence-electron chi connectivity index (χ3n) is 3.45. The van der Waals surface area contributed by atoms with Crippen molar-refractivity contribution in [3.63, 3.8) is 0 Å². The Balaban J connectivity index is 1.71. The van der Waals surface area contributed by atoms with Gasteiger partial charge < -0.3 is 10.1 Å². The van der Waals surface area contributed by atoms with Crippen molar-refractivity contribution < 1.29 is 14.5 Å². The summed E-state index contributed by atoms with van der Waals surface area (Å²) in [5.74, 6) is -0.560. The number of nitrogens with zero attached hydrogens (tertiary/aromatic N) is 3. The van der Waals surface area contributed by atoms with Gasteiger partial charge in [0.05, 0.1) is 32.8 Å². The number of thiazole rings is 1. The first-order chi connectivity index (χ1) is 12.1. The summed E-state index contributed by atoms with van der Waals surface area (Å²) < 4.78 is 5.65. The Morgan fingerprint density at radius 3 is 2.92 bits per heavy atom. The van der Waals surface area contributed by atoms with Gasteiger partial charge in [0, 0.05) is 25.2 Å². The molecule has 0 fully saturated rings. The zero-order chi connectivity index (χ0) is 17.8. The Morgan fingerprint density at radius 2 is 2.20 bits per heavy atom. The van der Waals surface area contributed by atoms with Crippen LogP contribution in [0.25, 0.3) is 10.2 Å². The van der Waals surface area contributed by atoms with E-state index in [4.69, 9.17) is 0 Å². The van der Waals surface area contributed by atoms with Crippen LogP contribution in [0.5, 0.6) is 0 Å². The molecular weight excluding hydrogens is 344 g/mol. The molecule has 0 aliphatic carbocycles. The lowest BCUT2D eigenvalue weighted by Gasteiger charge is -2.06. The molecular formula is C16H14N4O4S. The van der Waals surface area contributed by atoms with Gasteiger partial charge >= 0.3 is 11.7 Å². The van der Waals surface area contributed by atoms with E-state index in [0.29, 0.717) is 13.0 Å². The number of carbonyl (C=O) groups is 1. The van der Waals surface area contributed by atoms with Gasteiger partial charge in [0.1, 0.15) is 0 Å². The summed E-state index contributed by atoms with van der Waals surface area (Å²) in [7, 11) is 1.21. The topological polar surface area (TPSA) is 107 Å². The van der Waals surface area contributed by atoms with Gasteiger partial charge in [-0.15, -0.1) is 11.3 Å². The summed E-state index contributed by atoms with van der Waals surface area (Å²) in [6.45, 7) is 0.436. The molecule has 3 aromatic rings. The van der Waals surface area contributed by atoms with Crippen LogP contribution in [0, 0.1) is 10.1 Å². The molecule has 0 radical (unpaired) electrons. The molecule has 1 aromatic carbocycles. The number of hydrogen-bond acceptors (Lipinski definition) is 8. The van der Waals surface area contributed by atoms with E-state index >= 15 is 0 Å². The number of nitrogens with one attached hydrogen (secondary N) is 1. The molecule has 0 aliphatic heterocycles. The van der Waals surface area contributed by atoms with Gasteiger partial charge in [0.2, 0.25) is 5.82 Å². The van der Waals surface area contributed by atoms with Crippen molar-refractivity contribution >= 4 is 39.0 Å². The summed E-state index contributed by atoms with van der Waals surface area (Å²) in [5, 5.41) is 15.1. The molecule has 0 aliphatic rings. The lowest BCUT2D eigenvalue weighted by molar-refractivity contribution is -0.384. The van der Waals surface area contributed by atoms with Gasteiger partial charge in [-0.25, -0.2) is 14.8 Å². The summed E-state index contributed by atoms with van der Waals surface area (Å²) in [4.78, 5) is 30.6. The second kappa shape index (κ2) is 7.22. The van der Waals surface area contributed by atoms with Crippen molar-refractivity contribution in [2.75, 3.05) is 19.0 Å². The molecule has 0 spiro atoms. The Bertz CT molecular complexity index is 908. The van der Waals surface area contributed by atoms with Crippen LogP contribution in [-0.2, 0) is 11.2 Å². The van der Waals surface area contributed by atoms with Crippen LogP contribution in [0.3, 0.4) is 0 Å². The number of nitro groups is 1. The number of para-hydroxylation sites is 1. The summed E-state index contributed by atoms with van der Waals surface area (Å²) in [6.07, 6.45) is 1.86. The fourth-order valence-electron chi connectivity index (χ4n) is 2.27. The predicted molar refractivity (Wildman–Crippen MR) is 94.0 cm³/mol. The highest BCUT2D eigenvalue weighted by atomic mass is 32.1. The molecule has 128 valence electrons. The van der Waals surface area contributed by atoms with Crippen LogP contribution in [0.2, 0.25) is 0 Å². The first-order valence-corrected chi connectivity index (χ1v) is 8.21. The van der Waals surface area contributed by atoms with Crippen molar-refractivity contribution in [2.24, 2.45) is 0 Å². The minimum absolute atomic E-state index is 0.0333. The molecule has 0 atom stereocenters. The molecule has 2 heterocycles. The number of ether oxygens (including phenoxy) is 1. The SMILES string of the molecule is COC(=O)c1cnc(NCCc2nc3ccccc3s2)c([N+](=O)[O-])c1. The standard InChI is InChI=1S/C16H14N4O4S/c1-24-16(21)10-8-12(20(22)23)15(18-9-10)17-7-6-14-19-11-4-2-3-5-13(11)25-14/h2-5,8-9H,6-7H2,1H3,(H,17,18). The molecule has 25 heavy (non-hydrogen) atoms. The van der Waals surface area contributed by atoms with Crippen LogP contribution >= 0.6 is 11.3 Å². The highest BCUT2D eigenvalue weighted by Gasteiger charge is 2.19. The average Bonchev–Trinajstić information content (AvgIpc) is 3.03. The molecule has 0 unspecified atom stereocenters.